The van der Waals surface area contributed by atoms with Crippen LogP contribution in [0.3, 0.4) is 0 Å². The first-order valence-corrected chi connectivity index (χ1v) is 6.79. The van der Waals surface area contributed by atoms with Crippen molar-refractivity contribution >= 4 is 11.3 Å². The molecular formula is C11H14N4O2S. The lowest BCUT2D eigenvalue weighted by molar-refractivity contribution is 0.0409. The van der Waals surface area contributed by atoms with Crippen LogP contribution in [0.1, 0.15) is 18.7 Å². The normalized spacial score (nSPS) is 18.9. The van der Waals surface area contributed by atoms with E-state index >= 15 is 0 Å². The summed E-state index contributed by atoms with van der Waals surface area (Å²) < 4.78 is 10.8. The summed E-state index contributed by atoms with van der Waals surface area (Å²) in [6.07, 6.45) is 1.64. The van der Waals surface area contributed by atoms with Crippen LogP contribution in [-0.2, 0) is 10.2 Å². The number of rotatable bonds is 3. The Bertz CT molecular complexity index is 505. The molecule has 1 aliphatic heterocycles. The Morgan fingerprint density at radius 3 is 2.89 bits per heavy atom. The summed E-state index contributed by atoms with van der Waals surface area (Å²) in [5, 5.41) is 5.89. The third-order valence-electron chi connectivity index (χ3n) is 3.38. The number of hydrogen-bond donors (Lipinski definition) is 1. The van der Waals surface area contributed by atoms with Crippen molar-refractivity contribution in [2.24, 2.45) is 5.73 Å². The lowest BCUT2D eigenvalue weighted by atomic mass is 9.80. The van der Waals surface area contributed by atoms with Crippen molar-refractivity contribution in [1.82, 2.24) is 15.1 Å². The molecule has 0 amide bonds. The van der Waals surface area contributed by atoms with Gasteiger partial charge in [-0.25, -0.2) is 4.98 Å². The Balaban J connectivity index is 1.92. The first kappa shape index (κ1) is 11.8. The van der Waals surface area contributed by atoms with Crippen molar-refractivity contribution in [1.29, 1.82) is 0 Å². The predicted octanol–water partition coefficient (Wildman–Crippen LogP) is 1.20. The minimum atomic E-state index is -0.237. The molecule has 0 saturated carbocycles. The van der Waals surface area contributed by atoms with E-state index in [1.54, 1.807) is 5.51 Å². The summed E-state index contributed by atoms with van der Waals surface area (Å²) >= 11 is 1.51. The third-order valence-corrected chi connectivity index (χ3v) is 3.97. The quantitative estimate of drug-likeness (QED) is 0.898. The Hall–Kier alpha value is -1.31. The van der Waals surface area contributed by atoms with Gasteiger partial charge in [-0.1, -0.05) is 5.16 Å². The van der Waals surface area contributed by atoms with Gasteiger partial charge in [-0.05, 0) is 12.8 Å². The fourth-order valence-corrected chi connectivity index (χ4v) is 2.66. The molecule has 3 rings (SSSR count). The lowest BCUT2D eigenvalue weighted by Gasteiger charge is -2.32. The number of aromatic nitrogens is 3. The van der Waals surface area contributed by atoms with Crippen LogP contribution in [-0.4, -0.2) is 34.9 Å². The van der Waals surface area contributed by atoms with Crippen LogP contribution >= 0.6 is 11.3 Å². The number of hydrogen-bond acceptors (Lipinski definition) is 7. The van der Waals surface area contributed by atoms with Gasteiger partial charge in [0.25, 0.3) is 0 Å². The van der Waals surface area contributed by atoms with Crippen molar-refractivity contribution in [3.8, 4) is 11.5 Å². The summed E-state index contributed by atoms with van der Waals surface area (Å²) in [4.78, 5) is 8.62. The average molecular weight is 266 g/mol. The van der Waals surface area contributed by atoms with Gasteiger partial charge < -0.3 is 15.0 Å². The van der Waals surface area contributed by atoms with Gasteiger partial charge >= 0.3 is 0 Å². The molecule has 1 saturated heterocycles. The third kappa shape index (κ3) is 1.94. The van der Waals surface area contributed by atoms with Gasteiger partial charge in [-0.2, -0.15) is 4.98 Å². The number of ether oxygens (including phenoxy) is 1. The molecule has 2 aromatic heterocycles. The number of nitrogens with zero attached hydrogens (tertiary/aromatic N) is 3. The maximum atomic E-state index is 5.90. The van der Waals surface area contributed by atoms with E-state index in [1.165, 1.54) is 11.3 Å². The molecule has 0 spiro atoms. The molecule has 7 heteroatoms. The standard InChI is InChI=1S/C11H14N4O2S/c12-6-11(1-3-16-4-2-11)10-14-9(15-17-10)8-5-18-7-13-8/h5,7H,1-4,6,12H2. The fraction of sp³-hybridized carbons (Fsp3) is 0.545. The van der Waals surface area contributed by atoms with Gasteiger partial charge in [0.05, 0.1) is 10.9 Å². The van der Waals surface area contributed by atoms with Crippen molar-refractivity contribution in [2.75, 3.05) is 19.8 Å². The lowest BCUT2D eigenvalue weighted by Crippen LogP contribution is -2.40. The van der Waals surface area contributed by atoms with Crippen LogP contribution in [0.5, 0.6) is 0 Å². The van der Waals surface area contributed by atoms with Gasteiger partial charge in [0, 0.05) is 25.1 Å². The highest BCUT2D eigenvalue weighted by Gasteiger charge is 2.38. The van der Waals surface area contributed by atoms with E-state index < -0.39 is 0 Å². The Morgan fingerprint density at radius 2 is 2.22 bits per heavy atom. The number of nitrogens with two attached hydrogens (primary N) is 1. The second kappa shape index (κ2) is 4.75. The maximum Gasteiger partial charge on any atom is 0.234 e. The first-order valence-electron chi connectivity index (χ1n) is 5.85. The van der Waals surface area contributed by atoms with Gasteiger partial charge in [-0.3, -0.25) is 0 Å². The minimum Gasteiger partial charge on any atom is -0.381 e. The predicted molar refractivity (Wildman–Crippen MR) is 66.2 cm³/mol. The van der Waals surface area contributed by atoms with Gasteiger partial charge in [-0.15, -0.1) is 11.3 Å². The van der Waals surface area contributed by atoms with Crippen LogP contribution < -0.4 is 5.73 Å². The van der Waals surface area contributed by atoms with Crippen LogP contribution in [0.15, 0.2) is 15.4 Å². The molecule has 0 atom stereocenters. The molecule has 0 bridgehead atoms. The van der Waals surface area contributed by atoms with Crippen molar-refractivity contribution < 1.29 is 9.26 Å². The van der Waals surface area contributed by atoms with E-state index in [9.17, 15) is 0 Å². The topological polar surface area (TPSA) is 87.1 Å². The molecule has 18 heavy (non-hydrogen) atoms. The summed E-state index contributed by atoms with van der Waals surface area (Å²) in [6, 6.07) is 0. The highest BCUT2D eigenvalue weighted by molar-refractivity contribution is 7.07. The molecular weight excluding hydrogens is 252 g/mol. The van der Waals surface area contributed by atoms with Crippen LogP contribution in [0.25, 0.3) is 11.5 Å². The molecule has 0 aromatic carbocycles. The molecule has 0 radical (unpaired) electrons. The highest BCUT2D eigenvalue weighted by atomic mass is 32.1. The molecule has 1 aliphatic rings. The highest BCUT2D eigenvalue weighted by Crippen LogP contribution is 2.33. The molecule has 2 N–H and O–H groups in total. The zero-order valence-electron chi connectivity index (χ0n) is 9.83. The van der Waals surface area contributed by atoms with Gasteiger partial charge in [0.15, 0.2) is 0 Å². The van der Waals surface area contributed by atoms with E-state index in [0.29, 0.717) is 31.5 Å². The summed E-state index contributed by atoms with van der Waals surface area (Å²) in [7, 11) is 0. The first-order chi connectivity index (χ1) is 8.84. The Labute approximate surface area is 108 Å². The molecule has 2 aromatic rings. The maximum absolute atomic E-state index is 5.90. The summed E-state index contributed by atoms with van der Waals surface area (Å²) in [6.45, 7) is 1.87. The summed E-state index contributed by atoms with van der Waals surface area (Å²) in [5.74, 6) is 1.14. The molecule has 96 valence electrons. The Morgan fingerprint density at radius 1 is 1.39 bits per heavy atom. The largest absolute Gasteiger partial charge is 0.381 e. The van der Waals surface area contributed by atoms with E-state index in [2.05, 4.69) is 15.1 Å². The average Bonchev–Trinajstić information content (AvgIpc) is 3.10. The molecule has 6 nitrogen and oxygen atoms in total. The molecule has 1 fully saturated rings. The van der Waals surface area contributed by atoms with Crippen molar-refractivity contribution in [2.45, 2.75) is 18.3 Å². The van der Waals surface area contributed by atoms with Crippen LogP contribution in [0.2, 0.25) is 0 Å². The van der Waals surface area contributed by atoms with E-state index in [4.69, 9.17) is 15.0 Å². The van der Waals surface area contributed by atoms with E-state index in [1.807, 2.05) is 5.38 Å². The zero-order valence-corrected chi connectivity index (χ0v) is 10.7. The van der Waals surface area contributed by atoms with Gasteiger partial charge in [0.1, 0.15) is 5.69 Å². The monoisotopic (exact) mass is 266 g/mol. The second-order valence-corrected chi connectivity index (χ2v) is 5.11. The second-order valence-electron chi connectivity index (χ2n) is 4.39. The van der Waals surface area contributed by atoms with Gasteiger partial charge in [0.2, 0.25) is 11.7 Å². The molecule has 0 unspecified atom stereocenters. The van der Waals surface area contributed by atoms with Crippen molar-refractivity contribution in [3.05, 3.63) is 16.8 Å². The van der Waals surface area contributed by atoms with Crippen molar-refractivity contribution in [3.63, 3.8) is 0 Å². The summed E-state index contributed by atoms with van der Waals surface area (Å²) in [5.41, 5.74) is 8.16. The van der Waals surface area contributed by atoms with E-state index in [0.717, 1.165) is 18.5 Å². The molecule has 3 heterocycles. The smallest absolute Gasteiger partial charge is 0.234 e. The zero-order chi connectivity index (χ0) is 12.4. The fourth-order valence-electron chi connectivity index (χ4n) is 2.13. The van der Waals surface area contributed by atoms with E-state index in [-0.39, 0.29) is 5.41 Å². The molecule has 0 aliphatic carbocycles. The number of thiazole rings is 1. The SMILES string of the molecule is NCC1(c2nc(-c3cscn3)no2)CCOCC1. The minimum absolute atomic E-state index is 0.237. The Kier molecular flexibility index (Phi) is 3.11. The van der Waals surface area contributed by atoms with Crippen LogP contribution in [0.4, 0.5) is 0 Å². The van der Waals surface area contributed by atoms with Crippen LogP contribution in [0, 0.1) is 0 Å².